The van der Waals surface area contributed by atoms with Gasteiger partial charge in [-0.25, -0.2) is 9.59 Å². The van der Waals surface area contributed by atoms with Crippen LogP contribution in [0.25, 0.3) is 10.8 Å². The van der Waals surface area contributed by atoms with Crippen molar-refractivity contribution in [3.05, 3.63) is 47.0 Å². The highest BCUT2D eigenvalue weighted by atomic mass is 16.6. The highest BCUT2D eigenvalue weighted by molar-refractivity contribution is 6.12. The molecule has 1 N–H and O–H groups in total. The monoisotopic (exact) mass is 356 g/mol. The fourth-order valence-corrected chi connectivity index (χ4v) is 2.73. The zero-order chi connectivity index (χ0) is 19.7. The standard InChI is InChI=1S/C22H28O4/c1-7-21(3,4)15-10-12-16-14(13-15)9-11-17(18(16)19(23)24)20(25)26-22(5,6)8-2/h9-13H,7-8H2,1-6H3,(H,23,24). The molecular formula is C22H28O4. The molecule has 0 aliphatic carbocycles. The third-order valence-electron chi connectivity index (χ3n) is 5.34. The van der Waals surface area contributed by atoms with Crippen LogP contribution in [0.3, 0.4) is 0 Å². The highest BCUT2D eigenvalue weighted by Gasteiger charge is 2.27. The van der Waals surface area contributed by atoms with E-state index >= 15 is 0 Å². The molecule has 0 aliphatic rings. The molecule has 4 nitrogen and oxygen atoms in total. The van der Waals surface area contributed by atoms with E-state index in [1.807, 2.05) is 32.9 Å². The Morgan fingerprint density at radius 3 is 2.19 bits per heavy atom. The number of carbonyl (C=O) groups is 2. The Kier molecular flexibility index (Phi) is 5.45. The summed E-state index contributed by atoms with van der Waals surface area (Å²) in [6, 6.07) is 9.11. The van der Waals surface area contributed by atoms with Crippen molar-refractivity contribution in [3.63, 3.8) is 0 Å². The van der Waals surface area contributed by atoms with E-state index in [1.54, 1.807) is 18.2 Å². The first-order valence-electron chi connectivity index (χ1n) is 9.06. The van der Waals surface area contributed by atoms with Crippen molar-refractivity contribution in [1.29, 1.82) is 0 Å². The molecule has 0 fully saturated rings. The fraction of sp³-hybridized carbons (Fsp3) is 0.455. The molecule has 2 aromatic rings. The largest absolute Gasteiger partial charge is 0.478 e. The first-order chi connectivity index (χ1) is 12.0. The van der Waals surface area contributed by atoms with Crippen LogP contribution in [-0.2, 0) is 10.2 Å². The topological polar surface area (TPSA) is 63.6 Å². The minimum Gasteiger partial charge on any atom is -0.478 e. The number of rotatable bonds is 6. The van der Waals surface area contributed by atoms with Crippen molar-refractivity contribution in [2.24, 2.45) is 0 Å². The van der Waals surface area contributed by atoms with Crippen molar-refractivity contribution in [2.75, 3.05) is 0 Å². The second-order valence-electron chi connectivity index (χ2n) is 7.97. The van der Waals surface area contributed by atoms with E-state index in [0.29, 0.717) is 11.8 Å². The molecule has 0 unspecified atom stereocenters. The Hall–Kier alpha value is -2.36. The van der Waals surface area contributed by atoms with Crippen molar-refractivity contribution in [3.8, 4) is 0 Å². The summed E-state index contributed by atoms with van der Waals surface area (Å²) >= 11 is 0. The number of aromatic carboxylic acids is 1. The van der Waals surface area contributed by atoms with Crippen LogP contribution in [0.15, 0.2) is 30.3 Å². The number of benzene rings is 2. The second kappa shape index (κ2) is 7.10. The van der Waals surface area contributed by atoms with E-state index in [1.165, 1.54) is 0 Å². The minimum absolute atomic E-state index is 0.000239. The van der Waals surface area contributed by atoms with Gasteiger partial charge in [0, 0.05) is 0 Å². The second-order valence-corrected chi connectivity index (χ2v) is 7.97. The maximum absolute atomic E-state index is 12.6. The van der Waals surface area contributed by atoms with Crippen molar-refractivity contribution in [1.82, 2.24) is 0 Å². The Morgan fingerprint density at radius 2 is 1.65 bits per heavy atom. The van der Waals surface area contributed by atoms with E-state index in [-0.39, 0.29) is 16.5 Å². The number of carboxylic acids is 1. The van der Waals surface area contributed by atoms with Gasteiger partial charge in [0.25, 0.3) is 0 Å². The van der Waals surface area contributed by atoms with Crippen LogP contribution in [0.2, 0.25) is 0 Å². The molecule has 2 aromatic carbocycles. The van der Waals surface area contributed by atoms with Crippen LogP contribution in [0.5, 0.6) is 0 Å². The summed E-state index contributed by atoms with van der Waals surface area (Å²) in [5.41, 5.74) is 0.595. The number of carbonyl (C=O) groups excluding carboxylic acids is 1. The SMILES string of the molecule is CCC(C)(C)OC(=O)c1ccc2cc(C(C)(C)CC)ccc2c1C(=O)O. The van der Waals surface area contributed by atoms with Crippen LogP contribution in [0, 0.1) is 0 Å². The van der Waals surface area contributed by atoms with Gasteiger partial charge in [0.05, 0.1) is 11.1 Å². The summed E-state index contributed by atoms with van der Waals surface area (Å²) in [5, 5.41) is 11.1. The third kappa shape index (κ3) is 3.90. The lowest BCUT2D eigenvalue weighted by molar-refractivity contribution is -0.00271. The molecule has 0 aromatic heterocycles. The van der Waals surface area contributed by atoms with Crippen molar-refractivity contribution >= 4 is 22.7 Å². The van der Waals surface area contributed by atoms with Crippen LogP contribution in [0.4, 0.5) is 0 Å². The molecule has 0 amide bonds. The molecule has 140 valence electrons. The molecule has 0 radical (unpaired) electrons. The van der Waals surface area contributed by atoms with Crippen LogP contribution < -0.4 is 0 Å². The zero-order valence-electron chi connectivity index (χ0n) is 16.5. The summed E-state index contributed by atoms with van der Waals surface area (Å²) in [7, 11) is 0. The number of hydrogen-bond acceptors (Lipinski definition) is 3. The molecule has 0 spiro atoms. The molecule has 0 aliphatic heterocycles. The van der Waals surface area contributed by atoms with E-state index < -0.39 is 17.5 Å². The lowest BCUT2D eigenvalue weighted by atomic mass is 9.81. The Labute approximate surface area is 155 Å². The maximum atomic E-state index is 12.6. The van der Waals surface area contributed by atoms with Gasteiger partial charge in [-0.2, -0.15) is 0 Å². The molecule has 2 rings (SSSR count). The quantitative estimate of drug-likeness (QED) is 0.687. The normalized spacial score (nSPS) is 12.2. The van der Waals surface area contributed by atoms with E-state index in [2.05, 4.69) is 20.8 Å². The van der Waals surface area contributed by atoms with E-state index in [4.69, 9.17) is 4.74 Å². The third-order valence-corrected chi connectivity index (χ3v) is 5.34. The van der Waals surface area contributed by atoms with Gasteiger partial charge in [0.15, 0.2) is 0 Å². The average Bonchev–Trinajstić information content (AvgIpc) is 2.59. The smallest absolute Gasteiger partial charge is 0.339 e. The molecule has 26 heavy (non-hydrogen) atoms. The first-order valence-corrected chi connectivity index (χ1v) is 9.06. The molecule has 0 saturated carbocycles. The summed E-state index contributed by atoms with van der Waals surface area (Å²) in [5.74, 6) is -1.73. The lowest BCUT2D eigenvalue weighted by Crippen LogP contribution is -2.28. The molecule has 0 saturated heterocycles. The molecule has 4 heteroatoms. The van der Waals surface area contributed by atoms with Gasteiger partial charge in [-0.3, -0.25) is 0 Å². The predicted octanol–water partition coefficient (Wildman–Crippen LogP) is 5.57. The van der Waals surface area contributed by atoms with Gasteiger partial charge < -0.3 is 9.84 Å². The summed E-state index contributed by atoms with van der Waals surface area (Å²) in [6.45, 7) is 12.0. The van der Waals surface area contributed by atoms with Crippen molar-refractivity contribution in [2.45, 2.75) is 65.4 Å². The molecule has 0 heterocycles. The average molecular weight is 356 g/mol. The Morgan fingerprint density at radius 1 is 1.00 bits per heavy atom. The van der Waals surface area contributed by atoms with Crippen LogP contribution in [-0.4, -0.2) is 22.6 Å². The maximum Gasteiger partial charge on any atom is 0.339 e. The van der Waals surface area contributed by atoms with Crippen LogP contribution >= 0.6 is 0 Å². The molecular weight excluding hydrogens is 328 g/mol. The molecule has 0 atom stereocenters. The summed E-state index contributed by atoms with van der Waals surface area (Å²) in [6.07, 6.45) is 1.62. The number of carboxylic acid groups (broad SMARTS) is 1. The van der Waals surface area contributed by atoms with Gasteiger partial charge >= 0.3 is 11.9 Å². The molecule has 0 bridgehead atoms. The van der Waals surface area contributed by atoms with Gasteiger partial charge in [0.1, 0.15) is 5.60 Å². The minimum atomic E-state index is -1.13. The van der Waals surface area contributed by atoms with Crippen molar-refractivity contribution < 1.29 is 19.4 Å². The van der Waals surface area contributed by atoms with E-state index in [0.717, 1.165) is 17.4 Å². The number of esters is 1. The summed E-state index contributed by atoms with van der Waals surface area (Å²) in [4.78, 5) is 24.5. The fourth-order valence-electron chi connectivity index (χ4n) is 2.73. The van der Waals surface area contributed by atoms with Gasteiger partial charge in [-0.15, -0.1) is 0 Å². The van der Waals surface area contributed by atoms with E-state index in [9.17, 15) is 14.7 Å². The summed E-state index contributed by atoms with van der Waals surface area (Å²) < 4.78 is 5.51. The number of hydrogen-bond donors (Lipinski definition) is 1. The predicted molar refractivity (Wildman–Crippen MR) is 104 cm³/mol. The number of fused-ring (bicyclic) bond motifs is 1. The Bertz CT molecular complexity index is 847. The lowest BCUT2D eigenvalue weighted by Gasteiger charge is -2.25. The van der Waals surface area contributed by atoms with Crippen LogP contribution in [0.1, 0.15) is 80.7 Å². The number of ether oxygens (including phenoxy) is 1. The highest BCUT2D eigenvalue weighted by Crippen LogP contribution is 2.32. The van der Waals surface area contributed by atoms with Gasteiger partial charge in [-0.1, -0.05) is 52.0 Å². The van der Waals surface area contributed by atoms with Gasteiger partial charge in [0.2, 0.25) is 0 Å². The first kappa shape index (κ1) is 20.0. The Balaban J connectivity index is 2.61. The zero-order valence-corrected chi connectivity index (χ0v) is 16.5. The van der Waals surface area contributed by atoms with Gasteiger partial charge in [-0.05, 0) is 54.5 Å².